The number of nitrogens with zero attached hydrogens (tertiary/aromatic N) is 2. The second-order valence-corrected chi connectivity index (χ2v) is 8.85. The Bertz CT molecular complexity index is 1210. The van der Waals surface area contributed by atoms with E-state index < -0.39 is 11.7 Å². The van der Waals surface area contributed by atoms with Crippen molar-refractivity contribution in [1.29, 1.82) is 0 Å². The van der Waals surface area contributed by atoms with E-state index in [0.717, 1.165) is 29.8 Å². The molecular formula is C24H22Cl2FN3O4. The molecule has 0 aliphatic carbocycles. The van der Waals surface area contributed by atoms with Crippen LogP contribution >= 0.6 is 23.2 Å². The fourth-order valence-corrected chi connectivity index (χ4v) is 3.69. The van der Waals surface area contributed by atoms with Gasteiger partial charge in [-0.3, -0.25) is 4.79 Å². The maximum atomic E-state index is 14.7. The SMILES string of the molecule is CC(C)COc1ncc(Oc2cc(F)c(C(=O)NON3CCc4ccccc43)cc2Cl)cc1Cl. The lowest BCUT2D eigenvalue weighted by atomic mass is 10.2. The van der Waals surface area contributed by atoms with Gasteiger partial charge < -0.3 is 9.47 Å². The Balaban J connectivity index is 1.42. The largest absolute Gasteiger partial charge is 0.476 e. The standard InChI is InChI=1S/C24H22Cl2FN3O4/c1-14(2)13-32-24-19(26)9-16(12-28-24)33-22-11-20(27)17(10-18(22)25)23(31)29-34-30-8-7-15-5-3-4-6-21(15)30/h3-6,9-12,14H,7-8,13H2,1-2H3,(H,29,31). The summed E-state index contributed by atoms with van der Waals surface area (Å²) in [6.45, 7) is 5.03. The number of benzene rings is 2. The topological polar surface area (TPSA) is 72.9 Å². The number of pyridine rings is 1. The lowest BCUT2D eigenvalue weighted by Crippen LogP contribution is -2.34. The molecule has 0 radical (unpaired) electrons. The van der Waals surface area contributed by atoms with E-state index in [1.165, 1.54) is 17.3 Å². The molecule has 1 aromatic heterocycles. The third kappa shape index (κ3) is 5.52. The van der Waals surface area contributed by atoms with Gasteiger partial charge in [0.05, 0.1) is 35.6 Å². The summed E-state index contributed by atoms with van der Waals surface area (Å²) in [7, 11) is 0. The Morgan fingerprint density at radius 3 is 2.76 bits per heavy atom. The van der Waals surface area contributed by atoms with Crippen molar-refractivity contribution in [2.24, 2.45) is 5.92 Å². The molecule has 0 fully saturated rings. The molecule has 0 unspecified atom stereocenters. The number of ether oxygens (including phenoxy) is 2. The zero-order chi connectivity index (χ0) is 24.2. The average molecular weight is 506 g/mol. The van der Waals surface area contributed by atoms with E-state index in [1.54, 1.807) is 0 Å². The molecule has 4 rings (SSSR count). The van der Waals surface area contributed by atoms with Gasteiger partial charge in [-0.1, -0.05) is 55.2 Å². The highest BCUT2D eigenvalue weighted by atomic mass is 35.5. The second kappa shape index (κ2) is 10.5. The Labute approximate surface area is 206 Å². The number of hydrogen-bond acceptors (Lipinski definition) is 6. The Morgan fingerprint density at radius 2 is 2.00 bits per heavy atom. The van der Waals surface area contributed by atoms with Crippen molar-refractivity contribution in [2.45, 2.75) is 20.3 Å². The molecule has 178 valence electrons. The molecule has 0 bridgehead atoms. The molecule has 3 aromatic rings. The molecule has 7 nitrogen and oxygen atoms in total. The van der Waals surface area contributed by atoms with Crippen LogP contribution in [0.15, 0.2) is 48.7 Å². The van der Waals surface area contributed by atoms with E-state index in [4.69, 9.17) is 37.6 Å². The van der Waals surface area contributed by atoms with Gasteiger partial charge in [0, 0.05) is 12.1 Å². The molecule has 0 atom stereocenters. The number of aromatic nitrogens is 1. The monoisotopic (exact) mass is 505 g/mol. The van der Waals surface area contributed by atoms with Gasteiger partial charge in [0.1, 0.15) is 22.3 Å². The van der Waals surface area contributed by atoms with Crippen LogP contribution < -0.4 is 20.0 Å². The number of para-hydroxylation sites is 1. The summed E-state index contributed by atoms with van der Waals surface area (Å²) < 4.78 is 25.9. The quantitative estimate of drug-likeness (QED) is 0.379. The first-order valence-electron chi connectivity index (χ1n) is 10.6. The molecule has 0 spiro atoms. The molecule has 0 saturated carbocycles. The average Bonchev–Trinajstić information content (AvgIpc) is 3.22. The number of rotatable bonds is 8. The predicted molar refractivity (Wildman–Crippen MR) is 127 cm³/mol. The van der Waals surface area contributed by atoms with E-state index in [2.05, 4.69) is 10.5 Å². The van der Waals surface area contributed by atoms with Crippen molar-refractivity contribution < 1.29 is 23.6 Å². The van der Waals surface area contributed by atoms with Crippen LogP contribution in [0.2, 0.25) is 10.0 Å². The fraction of sp³-hybridized carbons (Fsp3) is 0.250. The molecule has 2 aromatic carbocycles. The van der Waals surface area contributed by atoms with Gasteiger partial charge in [-0.05, 0) is 30.0 Å². The zero-order valence-electron chi connectivity index (χ0n) is 18.5. The van der Waals surface area contributed by atoms with Crippen LogP contribution in [0.1, 0.15) is 29.8 Å². The highest BCUT2D eigenvalue weighted by molar-refractivity contribution is 6.32. The second-order valence-electron chi connectivity index (χ2n) is 8.03. The Morgan fingerprint density at radius 1 is 1.21 bits per heavy atom. The number of carbonyl (C=O) groups is 1. The number of hydroxylamine groups is 2. The van der Waals surface area contributed by atoms with Crippen LogP contribution in [0.3, 0.4) is 0 Å². The van der Waals surface area contributed by atoms with Gasteiger partial charge in [0.25, 0.3) is 5.91 Å². The zero-order valence-corrected chi connectivity index (χ0v) is 20.0. The normalized spacial score (nSPS) is 12.6. The van der Waals surface area contributed by atoms with Crippen LogP contribution in [-0.2, 0) is 11.4 Å². The van der Waals surface area contributed by atoms with Crippen LogP contribution in [0.4, 0.5) is 10.1 Å². The first-order valence-corrected chi connectivity index (χ1v) is 11.4. The molecule has 10 heteroatoms. The Hall–Kier alpha value is -3.07. The minimum atomic E-state index is -0.835. The maximum absolute atomic E-state index is 14.7. The summed E-state index contributed by atoms with van der Waals surface area (Å²) in [5.74, 6) is -0.810. The number of nitrogens with one attached hydrogen (secondary N) is 1. The summed E-state index contributed by atoms with van der Waals surface area (Å²) in [6.07, 6.45) is 2.17. The van der Waals surface area contributed by atoms with Gasteiger partial charge in [-0.15, -0.1) is 0 Å². The van der Waals surface area contributed by atoms with Gasteiger partial charge in [0.2, 0.25) is 5.88 Å². The predicted octanol–water partition coefficient (Wildman–Crippen LogP) is 5.99. The van der Waals surface area contributed by atoms with Crippen LogP contribution in [0.5, 0.6) is 17.4 Å². The summed E-state index contributed by atoms with van der Waals surface area (Å²) in [4.78, 5) is 22.0. The van der Waals surface area contributed by atoms with Crippen LogP contribution in [0, 0.1) is 11.7 Å². The molecule has 1 N–H and O–H groups in total. The smallest absolute Gasteiger partial charge is 0.279 e. The summed E-state index contributed by atoms with van der Waals surface area (Å²) in [5.41, 5.74) is 3.91. The molecule has 34 heavy (non-hydrogen) atoms. The van der Waals surface area contributed by atoms with Gasteiger partial charge in [-0.25, -0.2) is 19.9 Å². The molecule has 1 aliphatic heterocycles. The Kier molecular flexibility index (Phi) is 7.41. The first kappa shape index (κ1) is 24.1. The van der Waals surface area contributed by atoms with Crippen molar-refractivity contribution in [2.75, 3.05) is 18.2 Å². The van der Waals surface area contributed by atoms with E-state index in [-0.39, 0.29) is 33.0 Å². The van der Waals surface area contributed by atoms with Crippen molar-refractivity contribution >= 4 is 34.8 Å². The van der Waals surface area contributed by atoms with E-state index in [0.29, 0.717) is 19.1 Å². The van der Waals surface area contributed by atoms with Crippen molar-refractivity contribution in [3.05, 3.63) is 75.7 Å². The van der Waals surface area contributed by atoms with Gasteiger partial charge >= 0.3 is 0 Å². The van der Waals surface area contributed by atoms with Crippen LogP contribution in [0.25, 0.3) is 0 Å². The van der Waals surface area contributed by atoms with Crippen LogP contribution in [-0.4, -0.2) is 24.0 Å². The lowest BCUT2D eigenvalue weighted by Gasteiger charge is -2.18. The minimum absolute atomic E-state index is 0.00109. The van der Waals surface area contributed by atoms with Crippen molar-refractivity contribution in [1.82, 2.24) is 10.5 Å². The van der Waals surface area contributed by atoms with E-state index in [1.807, 2.05) is 38.1 Å². The molecule has 1 amide bonds. The number of carbonyl (C=O) groups excluding carboxylic acids is 1. The maximum Gasteiger partial charge on any atom is 0.279 e. The molecule has 1 aliphatic rings. The number of halogens is 3. The third-order valence-corrected chi connectivity index (χ3v) is 5.49. The highest BCUT2D eigenvalue weighted by Crippen LogP contribution is 2.34. The van der Waals surface area contributed by atoms with E-state index in [9.17, 15) is 9.18 Å². The van der Waals surface area contributed by atoms with Crippen molar-refractivity contribution in [3.8, 4) is 17.4 Å². The summed E-state index contributed by atoms with van der Waals surface area (Å²) >= 11 is 12.4. The molecule has 2 heterocycles. The number of amides is 1. The van der Waals surface area contributed by atoms with E-state index >= 15 is 0 Å². The lowest BCUT2D eigenvalue weighted by molar-refractivity contribution is 0.0202. The minimum Gasteiger partial charge on any atom is -0.476 e. The van der Waals surface area contributed by atoms with Gasteiger partial charge in [-0.2, -0.15) is 4.94 Å². The fourth-order valence-electron chi connectivity index (χ4n) is 3.28. The van der Waals surface area contributed by atoms with Crippen molar-refractivity contribution in [3.63, 3.8) is 0 Å². The highest BCUT2D eigenvalue weighted by Gasteiger charge is 2.22. The summed E-state index contributed by atoms with van der Waals surface area (Å²) in [5, 5.41) is 1.80. The van der Waals surface area contributed by atoms with Gasteiger partial charge in [0.15, 0.2) is 0 Å². The first-order chi connectivity index (χ1) is 16.3. The molecule has 0 saturated heterocycles. The number of hydrogen-bond donors (Lipinski definition) is 1. The number of anilines is 1. The number of fused-ring (bicyclic) bond motifs is 1. The molecular weight excluding hydrogens is 484 g/mol. The summed E-state index contributed by atoms with van der Waals surface area (Å²) in [6, 6.07) is 11.3. The third-order valence-electron chi connectivity index (χ3n) is 4.92.